The Balaban J connectivity index is 1.36. The second-order valence-electron chi connectivity index (χ2n) is 8.91. The summed E-state index contributed by atoms with van der Waals surface area (Å²) in [6, 6.07) is 15.4. The molecule has 0 radical (unpaired) electrons. The van der Waals surface area contributed by atoms with Crippen molar-refractivity contribution in [1.82, 2.24) is 20.0 Å². The van der Waals surface area contributed by atoms with Gasteiger partial charge in [0.05, 0.1) is 0 Å². The van der Waals surface area contributed by atoms with Gasteiger partial charge in [-0.1, -0.05) is 54.1 Å². The first-order chi connectivity index (χ1) is 15.3. The molecule has 2 aromatic carbocycles. The number of urea groups is 1. The van der Waals surface area contributed by atoms with Crippen LogP contribution in [0.1, 0.15) is 29.2 Å². The normalized spacial score (nSPS) is 21.7. The van der Waals surface area contributed by atoms with Gasteiger partial charge in [0.2, 0.25) is 5.91 Å². The van der Waals surface area contributed by atoms with Crippen molar-refractivity contribution >= 4 is 17.8 Å². The van der Waals surface area contributed by atoms with Gasteiger partial charge in [-0.25, -0.2) is 4.79 Å². The Morgan fingerprint density at radius 1 is 1.00 bits per heavy atom. The van der Waals surface area contributed by atoms with Crippen LogP contribution in [-0.4, -0.2) is 65.3 Å². The lowest BCUT2D eigenvalue weighted by Crippen LogP contribution is -2.51. The number of aryl methyl sites for hydroxylation is 2. The summed E-state index contributed by atoms with van der Waals surface area (Å²) in [5, 5.41) is 2.79. The highest BCUT2D eigenvalue weighted by atomic mass is 16.2. The van der Waals surface area contributed by atoms with Gasteiger partial charge in [-0.2, -0.15) is 0 Å². The van der Waals surface area contributed by atoms with E-state index in [1.807, 2.05) is 31.2 Å². The predicted molar refractivity (Wildman–Crippen MR) is 122 cm³/mol. The Hall–Kier alpha value is -3.19. The number of hydrogen-bond donors (Lipinski definition) is 1. The number of benzene rings is 2. The number of rotatable bonds is 5. The molecule has 1 unspecified atom stereocenters. The van der Waals surface area contributed by atoms with Crippen molar-refractivity contribution in [1.29, 1.82) is 0 Å². The molecule has 0 aliphatic carbocycles. The molecule has 2 heterocycles. The molecule has 2 aliphatic heterocycles. The number of hydrogen-bond acceptors (Lipinski definition) is 4. The van der Waals surface area contributed by atoms with E-state index in [0.717, 1.165) is 35.7 Å². The molecule has 0 saturated carbocycles. The van der Waals surface area contributed by atoms with Gasteiger partial charge >= 0.3 is 6.03 Å². The van der Waals surface area contributed by atoms with Gasteiger partial charge in [0.25, 0.3) is 5.91 Å². The number of carbonyl (C=O) groups excluding carboxylic acids is 3. The third-order valence-electron chi connectivity index (χ3n) is 6.47. The first-order valence-electron chi connectivity index (χ1n) is 11.0. The molecule has 7 heteroatoms. The van der Waals surface area contributed by atoms with Crippen LogP contribution in [0.25, 0.3) is 0 Å². The fraction of sp³-hybridized carbons (Fsp3) is 0.400. The second-order valence-corrected chi connectivity index (χ2v) is 8.91. The zero-order valence-corrected chi connectivity index (χ0v) is 18.9. The van der Waals surface area contributed by atoms with E-state index in [1.54, 1.807) is 11.8 Å². The largest absolute Gasteiger partial charge is 0.339 e. The van der Waals surface area contributed by atoms with Gasteiger partial charge < -0.3 is 10.2 Å². The van der Waals surface area contributed by atoms with Crippen LogP contribution in [0.2, 0.25) is 0 Å². The molecular formula is C25H30N4O3. The average Bonchev–Trinajstić information content (AvgIpc) is 2.98. The van der Waals surface area contributed by atoms with E-state index < -0.39 is 11.6 Å². The summed E-state index contributed by atoms with van der Waals surface area (Å²) in [5.41, 5.74) is 3.01. The van der Waals surface area contributed by atoms with E-state index >= 15 is 0 Å². The van der Waals surface area contributed by atoms with E-state index in [9.17, 15) is 14.4 Å². The minimum atomic E-state index is -1.16. The number of amides is 4. The molecule has 7 nitrogen and oxygen atoms in total. The fourth-order valence-corrected chi connectivity index (χ4v) is 4.62. The quantitative estimate of drug-likeness (QED) is 0.734. The molecule has 1 N–H and O–H groups in total. The summed E-state index contributed by atoms with van der Waals surface area (Å²) in [6.07, 6.45) is 0. The van der Waals surface area contributed by atoms with Crippen molar-refractivity contribution in [3.8, 4) is 0 Å². The highest BCUT2D eigenvalue weighted by molar-refractivity contribution is 6.09. The zero-order chi connectivity index (χ0) is 22.9. The summed E-state index contributed by atoms with van der Waals surface area (Å²) >= 11 is 0. The van der Waals surface area contributed by atoms with Crippen LogP contribution in [0.5, 0.6) is 0 Å². The van der Waals surface area contributed by atoms with E-state index in [0.29, 0.717) is 13.1 Å². The van der Waals surface area contributed by atoms with Crippen molar-refractivity contribution < 1.29 is 14.4 Å². The Morgan fingerprint density at radius 2 is 1.72 bits per heavy atom. The first-order valence-corrected chi connectivity index (χ1v) is 11.0. The van der Waals surface area contributed by atoms with Gasteiger partial charge in [-0.3, -0.25) is 19.4 Å². The molecule has 4 rings (SSSR count). The SMILES string of the molecule is Cc1cccc(CN2CCN(C(=O)CN3C(=O)NC(C)(c4ccccc4C)C3=O)CC2)c1. The Labute approximate surface area is 189 Å². The molecule has 2 aliphatic rings. The van der Waals surface area contributed by atoms with Crippen LogP contribution in [0.4, 0.5) is 4.79 Å². The van der Waals surface area contributed by atoms with Crippen molar-refractivity contribution in [2.45, 2.75) is 32.9 Å². The standard InChI is InChI=1S/C25H30N4O3/c1-18-7-6-9-20(15-18)16-27-11-13-28(14-12-27)22(30)17-29-23(31)25(3,26-24(29)32)21-10-5-4-8-19(21)2/h4-10,15H,11-14,16-17H2,1-3H3,(H,26,32). The molecule has 168 valence electrons. The van der Waals surface area contributed by atoms with Crippen molar-refractivity contribution in [3.05, 3.63) is 70.8 Å². The van der Waals surface area contributed by atoms with E-state index in [2.05, 4.69) is 41.4 Å². The predicted octanol–water partition coefficient (Wildman–Crippen LogP) is 2.41. The molecule has 4 amide bonds. The molecule has 0 aromatic heterocycles. The molecular weight excluding hydrogens is 404 g/mol. The average molecular weight is 435 g/mol. The topological polar surface area (TPSA) is 73.0 Å². The lowest BCUT2D eigenvalue weighted by atomic mass is 9.88. The minimum absolute atomic E-state index is 0.197. The molecule has 2 saturated heterocycles. The van der Waals surface area contributed by atoms with Crippen LogP contribution in [0.3, 0.4) is 0 Å². The van der Waals surface area contributed by atoms with Crippen LogP contribution < -0.4 is 5.32 Å². The van der Waals surface area contributed by atoms with Crippen LogP contribution >= 0.6 is 0 Å². The summed E-state index contributed by atoms with van der Waals surface area (Å²) in [5.74, 6) is -0.582. The molecule has 1 atom stereocenters. The zero-order valence-electron chi connectivity index (χ0n) is 18.9. The van der Waals surface area contributed by atoms with E-state index in [4.69, 9.17) is 0 Å². The monoisotopic (exact) mass is 434 g/mol. The summed E-state index contributed by atoms with van der Waals surface area (Å²) in [4.78, 5) is 43.8. The minimum Gasteiger partial charge on any atom is -0.339 e. The summed E-state index contributed by atoms with van der Waals surface area (Å²) < 4.78 is 0. The van der Waals surface area contributed by atoms with E-state index in [1.165, 1.54) is 11.1 Å². The number of nitrogens with one attached hydrogen (secondary N) is 1. The maximum Gasteiger partial charge on any atom is 0.325 e. The highest BCUT2D eigenvalue weighted by Gasteiger charge is 2.50. The summed E-state index contributed by atoms with van der Waals surface area (Å²) in [6.45, 7) is 9.01. The van der Waals surface area contributed by atoms with Crippen LogP contribution in [0.15, 0.2) is 48.5 Å². The smallest absolute Gasteiger partial charge is 0.325 e. The van der Waals surface area contributed by atoms with Crippen molar-refractivity contribution in [2.75, 3.05) is 32.7 Å². The molecule has 0 bridgehead atoms. The summed E-state index contributed by atoms with van der Waals surface area (Å²) in [7, 11) is 0. The van der Waals surface area contributed by atoms with Gasteiger partial charge in [0.1, 0.15) is 12.1 Å². The third-order valence-corrected chi connectivity index (χ3v) is 6.47. The second kappa shape index (κ2) is 8.74. The third kappa shape index (κ3) is 4.25. The number of nitrogens with zero attached hydrogens (tertiary/aromatic N) is 3. The van der Waals surface area contributed by atoms with Crippen molar-refractivity contribution in [3.63, 3.8) is 0 Å². The van der Waals surface area contributed by atoms with Gasteiger partial charge in [0, 0.05) is 32.7 Å². The molecule has 0 spiro atoms. The van der Waals surface area contributed by atoms with Gasteiger partial charge in [-0.15, -0.1) is 0 Å². The Kier molecular flexibility index (Phi) is 6.02. The fourth-order valence-electron chi connectivity index (χ4n) is 4.62. The first kappa shape index (κ1) is 22.0. The lowest BCUT2D eigenvalue weighted by molar-refractivity contribution is -0.140. The lowest BCUT2D eigenvalue weighted by Gasteiger charge is -2.35. The maximum atomic E-state index is 13.2. The number of piperazine rings is 1. The van der Waals surface area contributed by atoms with Gasteiger partial charge in [0.15, 0.2) is 0 Å². The van der Waals surface area contributed by atoms with E-state index in [-0.39, 0.29) is 18.4 Å². The Bertz CT molecular complexity index is 1040. The maximum absolute atomic E-state index is 13.2. The van der Waals surface area contributed by atoms with Crippen molar-refractivity contribution in [2.24, 2.45) is 0 Å². The number of carbonyl (C=O) groups is 3. The Morgan fingerprint density at radius 3 is 2.41 bits per heavy atom. The number of imide groups is 1. The molecule has 32 heavy (non-hydrogen) atoms. The van der Waals surface area contributed by atoms with Crippen LogP contribution in [0, 0.1) is 13.8 Å². The van der Waals surface area contributed by atoms with Crippen LogP contribution in [-0.2, 0) is 21.7 Å². The molecule has 2 aromatic rings. The molecule has 2 fully saturated rings. The highest BCUT2D eigenvalue weighted by Crippen LogP contribution is 2.30. The van der Waals surface area contributed by atoms with Gasteiger partial charge in [-0.05, 0) is 37.5 Å².